The van der Waals surface area contributed by atoms with Crippen molar-refractivity contribution in [2.75, 3.05) is 19.6 Å². The van der Waals surface area contributed by atoms with E-state index >= 15 is 0 Å². The fourth-order valence-corrected chi connectivity index (χ4v) is 4.18. The molecule has 0 bridgehead atoms. The lowest BCUT2D eigenvalue weighted by Crippen LogP contribution is -2.35. The number of aromatic nitrogens is 2. The number of ketones is 1. The summed E-state index contributed by atoms with van der Waals surface area (Å²) in [5.74, 6) is 1.32. The lowest BCUT2D eigenvalue weighted by Gasteiger charge is -2.32. The van der Waals surface area contributed by atoms with E-state index in [1.165, 1.54) is 70.1 Å². The van der Waals surface area contributed by atoms with Gasteiger partial charge in [0.05, 0.1) is 12.2 Å². The van der Waals surface area contributed by atoms with Crippen molar-refractivity contribution >= 4 is 5.78 Å². The van der Waals surface area contributed by atoms with Crippen molar-refractivity contribution in [2.24, 2.45) is 5.92 Å². The Morgan fingerprint density at radius 3 is 2.57 bits per heavy atom. The number of likely N-dealkylation sites (tertiary alicyclic amines) is 1. The highest BCUT2D eigenvalue weighted by Crippen LogP contribution is 2.26. The molecule has 0 aliphatic carbocycles. The molecule has 160 valence electrons. The van der Waals surface area contributed by atoms with Gasteiger partial charge < -0.3 is 4.90 Å². The molecule has 0 radical (unpaired) electrons. The van der Waals surface area contributed by atoms with Gasteiger partial charge in [-0.15, -0.1) is 0 Å². The monoisotopic (exact) mass is 389 g/mol. The maximum Gasteiger partial charge on any atom is 0.135 e. The Balaban J connectivity index is 1.62. The minimum absolute atomic E-state index is 0.247. The van der Waals surface area contributed by atoms with Gasteiger partial charge in [0.15, 0.2) is 0 Å². The van der Waals surface area contributed by atoms with E-state index in [1.54, 1.807) is 0 Å². The number of hydrogen-bond acceptors (Lipinski definition) is 3. The summed E-state index contributed by atoms with van der Waals surface area (Å²) in [7, 11) is 0. The van der Waals surface area contributed by atoms with E-state index in [0.717, 1.165) is 19.3 Å². The van der Waals surface area contributed by atoms with E-state index in [-0.39, 0.29) is 5.92 Å². The van der Waals surface area contributed by atoms with Gasteiger partial charge in [-0.2, -0.15) is 5.10 Å². The van der Waals surface area contributed by atoms with Crippen LogP contribution in [-0.4, -0.2) is 40.1 Å². The SMILES string of the molecule is CCCCC(C)c1cnn(C2CCN(CCCCCC(=O)C(C)CC)CC2)c1. The summed E-state index contributed by atoms with van der Waals surface area (Å²) < 4.78 is 2.23. The van der Waals surface area contributed by atoms with Gasteiger partial charge in [0.2, 0.25) is 0 Å². The zero-order valence-electron chi connectivity index (χ0n) is 18.8. The summed E-state index contributed by atoms with van der Waals surface area (Å²) in [4.78, 5) is 14.5. The third kappa shape index (κ3) is 7.35. The second-order valence-corrected chi connectivity index (χ2v) is 8.96. The largest absolute Gasteiger partial charge is 0.303 e. The molecule has 0 amide bonds. The summed E-state index contributed by atoms with van der Waals surface area (Å²) in [5, 5.41) is 4.68. The topological polar surface area (TPSA) is 38.1 Å². The highest BCUT2D eigenvalue weighted by molar-refractivity contribution is 5.80. The highest BCUT2D eigenvalue weighted by atomic mass is 16.1. The van der Waals surface area contributed by atoms with E-state index < -0.39 is 0 Å². The zero-order chi connectivity index (χ0) is 20.4. The Kier molecular flexibility index (Phi) is 10.3. The summed E-state index contributed by atoms with van der Waals surface area (Å²) in [5.41, 5.74) is 1.41. The van der Waals surface area contributed by atoms with Crippen molar-refractivity contribution in [3.63, 3.8) is 0 Å². The van der Waals surface area contributed by atoms with Crippen LogP contribution in [0.4, 0.5) is 0 Å². The van der Waals surface area contributed by atoms with Gasteiger partial charge in [-0.25, -0.2) is 0 Å². The third-order valence-corrected chi connectivity index (χ3v) is 6.67. The van der Waals surface area contributed by atoms with Gasteiger partial charge in [0, 0.05) is 31.6 Å². The number of carbonyl (C=O) groups is 1. The van der Waals surface area contributed by atoms with Gasteiger partial charge in [-0.1, -0.05) is 47.0 Å². The second kappa shape index (κ2) is 12.4. The molecule has 2 unspecified atom stereocenters. The standard InChI is InChI=1S/C24H43N3O/c1-5-7-11-21(4)22-18-25-27(19-22)23-13-16-26(17-14-23)15-10-8-9-12-24(28)20(3)6-2/h18-21,23H,5-17H2,1-4H3. The van der Waals surface area contributed by atoms with Gasteiger partial charge in [-0.05, 0) is 56.6 Å². The minimum Gasteiger partial charge on any atom is -0.303 e. The molecule has 1 aliphatic rings. The predicted octanol–water partition coefficient (Wildman–Crippen LogP) is 5.99. The number of rotatable bonds is 13. The van der Waals surface area contributed by atoms with Crippen molar-refractivity contribution in [1.29, 1.82) is 0 Å². The van der Waals surface area contributed by atoms with Gasteiger partial charge in [0.25, 0.3) is 0 Å². The Labute approximate surface area is 173 Å². The molecule has 0 spiro atoms. The first kappa shape index (κ1) is 23.1. The number of nitrogens with zero attached hydrogens (tertiary/aromatic N) is 3. The van der Waals surface area contributed by atoms with Crippen molar-refractivity contribution in [3.05, 3.63) is 18.0 Å². The number of Topliss-reactive ketones (excluding diaryl/α,β-unsaturated/α-hetero) is 1. The van der Waals surface area contributed by atoms with Crippen LogP contribution in [0.5, 0.6) is 0 Å². The summed E-state index contributed by atoms with van der Waals surface area (Å²) >= 11 is 0. The van der Waals surface area contributed by atoms with E-state index in [9.17, 15) is 4.79 Å². The lowest BCUT2D eigenvalue weighted by molar-refractivity contribution is -0.122. The number of carbonyl (C=O) groups excluding carboxylic acids is 1. The first-order chi connectivity index (χ1) is 13.5. The molecule has 0 N–H and O–H groups in total. The maximum atomic E-state index is 11.9. The molecule has 2 atom stereocenters. The summed E-state index contributed by atoms with van der Waals surface area (Å²) in [6, 6.07) is 0.566. The molecule has 1 aromatic rings. The first-order valence-electron chi connectivity index (χ1n) is 11.8. The zero-order valence-corrected chi connectivity index (χ0v) is 18.8. The van der Waals surface area contributed by atoms with Gasteiger partial charge >= 0.3 is 0 Å². The molecular weight excluding hydrogens is 346 g/mol. The second-order valence-electron chi connectivity index (χ2n) is 8.96. The summed E-state index contributed by atoms with van der Waals surface area (Å²) in [6.45, 7) is 12.3. The molecule has 4 nitrogen and oxygen atoms in total. The summed E-state index contributed by atoms with van der Waals surface area (Å²) in [6.07, 6.45) is 15.9. The molecule has 4 heteroatoms. The number of unbranched alkanes of at least 4 members (excludes halogenated alkanes) is 3. The molecule has 28 heavy (non-hydrogen) atoms. The predicted molar refractivity (Wildman–Crippen MR) is 118 cm³/mol. The molecule has 0 saturated carbocycles. The van der Waals surface area contributed by atoms with Crippen LogP contribution in [0.15, 0.2) is 12.4 Å². The van der Waals surface area contributed by atoms with Crippen molar-refractivity contribution in [1.82, 2.24) is 14.7 Å². The molecule has 2 heterocycles. The average molecular weight is 390 g/mol. The smallest absolute Gasteiger partial charge is 0.135 e. The average Bonchev–Trinajstić information content (AvgIpc) is 3.21. The molecular formula is C24H43N3O. The van der Waals surface area contributed by atoms with Crippen LogP contribution < -0.4 is 0 Å². The Morgan fingerprint density at radius 2 is 1.89 bits per heavy atom. The Bertz CT molecular complexity index is 560. The Morgan fingerprint density at radius 1 is 1.14 bits per heavy atom. The quantitative estimate of drug-likeness (QED) is 0.389. The van der Waals surface area contributed by atoms with Crippen LogP contribution in [0.1, 0.15) is 109 Å². The molecule has 1 fully saturated rings. The lowest BCUT2D eigenvalue weighted by atomic mass is 9.98. The fraction of sp³-hybridized carbons (Fsp3) is 0.833. The van der Waals surface area contributed by atoms with Crippen molar-refractivity contribution in [3.8, 4) is 0 Å². The van der Waals surface area contributed by atoms with Crippen molar-refractivity contribution < 1.29 is 4.79 Å². The van der Waals surface area contributed by atoms with Crippen LogP contribution in [-0.2, 0) is 4.79 Å². The van der Waals surface area contributed by atoms with Gasteiger partial charge in [-0.3, -0.25) is 9.48 Å². The molecule has 1 saturated heterocycles. The number of piperidine rings is 1. The van der Waals surface area contributed by atoms with Crippen LogP contribution in [0, 0.1) is 5.92 Å². The first-order valence-corrected chi connectivity index (χ1v) is 11.8. The van der Waals surface area contributed by atoms with E-state index in [4.69, 9.17) is 0 Å². The van der Waals surface area contributed by atoms with Crippen LogP contribution >= 0.6 is 0 Å². The van der Waals surface area contributed by atoms with Crippen LogP contribution in [0.3, 0.4) is 0 Å². The normalized spacial score (nSPS) is 18.3. The van der Waals surface area contributed by atoms with Crippen LogP contribution in [0.25, 0.3) is 0 Å². The third-order valence-electron chi connectivity index (χ3n) is 6.67. The Hall–Kier alpha value is -1.16. The molecule has 1 aliphatic heterocycles. The highest BCUT2D eigenvalue weighted by Gasteiger charge is 2.21. The molecule has 0 aromatic carbocycles. The van der Waals surface area contributed by atoms with Crippen LogP contribution in [0.2, 0.25) is 0 Å². The van der Waals surface area contributed by atoms with Gasteiger partial charge in [0.1, 0.15) is 5.78 Å². The molecule has 2 rings (SSSR count). The van der Waals surface area contributed by atoms with Crippen molar-refractivity contribution in [2.45, 2.75) is 104 Å². The maximum absolute atomic E-state index is 11.9. The minimum atomic E-state index is 0.247. The number of hydrogen-bond donors (Lipinski definition) is 0. The van der Waals surface area contributed by atoms with E-state index in [1.807, 2.05) is 0 Å². The molecule has 1 aromatic heterocycles. The van der Waals surface area contributed by atoms with E-state index in [2.05, 4.69) is 54.8 Å². The fourth-order valence-electron chi connectivity index (χ4n) is 4.18. The van der Waals surface area contributed by atoms with E-state index in [0.29, 0.717) is 17.7 Å².